The van der Waals surface area contributed by atoms with E-state index in [1.165, 1.54) is 0 Å². The highest BCUT2D eigenvalue weighted by Crippen LogP contribution is 2.12. The number of carbonyl (C=O) groups is 1. The zero-order valence-corrected chi connectivity index (χ0v) is 10.3. The van der Waals surface area contributed by atoms with Crippen molar-refractivity contribution in [1.29, 1.82) is 0 Å². The van der Waals surface area contributed by atoms with Crippen LogP contribution in [0.2, 0.25) is 0 Å². The van der Waals surface area contributed by atoms with Gasteiger partial charge in [0.05, 0.1) is 19.6 Å². The zero-order chi connectivity index (χ0) is 12.7. The molecule has 0 aliphatic rings. The minimum Gasteiger partial charge on any atom is -0.466 e. The molecule has 0 fully saturated rings. The molecule has 0 atom stereocenters. The highest BCUT2D eigenvalue weighted by atomic mass is 16.5. The fraction of sp³-hybridized carbons (Fsp3) is 0.357. The second-order valence-corrected chi connectivity index (χ2v) is 3.76. The molecule has 92 valence electrons. The first kappa shape index (κ1) is 13.5. The molecule has 1 aromatic rings. The van der Waals surface area contributed by atoms with E-state index in [4.69, 9.17) is 9.84 Å². The first-order valence-corrected chi connectivity index (χ1v) is 5.70. The number of hydrogen-bond donors (Lipinski definition) is 1. The van der Waals surface area contributed by atoms with Gasteiger partial charge in [-0.3, -0.25) is 4.79 Å². The number of esters is 1. The van der Waals surface area contributed by atoms with Gasteiger partial charge in [0.1, 0.15) is 0 Å². The second-order valence-electron chi connectivity index (χ2n) is 3.76. The van der Waals surface area contributed by atoms with Gasteiger partial charge < -0.3 is 9.84 Å². The molecule has 0 spiro atoms. The van der Waals surface area contributed by atoms with Gasteiger partial charge >= 0.3 is 5.97 Å². The van der Waals surface area contributed by atoms with Crippen molar-refractivity contribution in [3.63, 3.8) is 0 Å². The molecule has 0 aliphatic carbocycles. The topological polar surface area (TPSA) is 46.5 Å². The highest BCUT2D eigenvalue weighted by Gasteiger charge is 1.98. The lowest BCUT2D eigenvalue weighted by Crippen LogP contribution is -2.01. The van der Waals surface area contributed by atoms with Crippen LogP contribution in [0.5, 0.6) is 0 Å². The molecule has 0 aromatic heterocycles. The third-order valence-electron chi connectivity index (χ3n) is 2.44. The van der Waals surface area contributed by atoms with Gasteiger partial charge in [-0.05, 0) is 30.5 Å². The smallest absolute Gasteiger partial charge is 0.309 e. The largest absolute Gasteiger partial charge is 0.466 e. The van der Waals surface area contributed by atoms with Crippen LogP contribution in [0.15, 0.2) is 24.3 Å². The summed E-state index contributed by atoms with van der Waals surface area (Å²) in [4.78, 5) is 11.1. The Morgan fingerprint density at radius 3 is 2.82 bits per heavy atom. The summed E-state index contributed by atoms with van der Waals surface area (Å²) in [5.74, 6) is -0.215. The molecule has 1 aromatic carbocycles. The quantitative estimate of drug-likeness (QED) is 0.796. The first-order valence-electron chi connectivity index (χ1n) is 5.70. The van der Waals surface area contributed by atoms with E-state index in [9.17, 15) is 4.79 Å². The van der Waals surface area contributed by atoms with Crippen LogP contribution in [0.3, 0.4) is 0 Å². The van der Waals surface area contributed by atoms with Crippen LogP contribution in [0, 0.1) is 6.92 Å². The molecule has 17 heavy (non-hydrogen) atoms. The summed E-state index contributed by atoms with van der Waals surface area (Å²) >= 11 is 0. The van der Waals surface area contributed by atoms with Crippen molar-refractivity contribution in [1.82, 2.24) is 0 Å². The van der Waals surface area contributed by atoms with Crippen LogP contribution in [0.4, 0.5) is 0 Å². The number of hydrogen-bond acceptors (Lipinski definition) is 3. The van der Waals surface area contributed by atoms with E-state index in [0.29, 0.717) is 6.61 Å². The molecule has 0 radical (unpaired) electrons. The summed E-state index contributed by atoms with van der Waals surface area (Å²) in [7, 11) is 0. The number of aryl methyl sites for hydroxylation is 1. The minimum absolute atomic E-state index is 0.0542. The van der Waals surface area contributed by atoms with Gasteiger partial charge in [-0.25, -0.2) is 0 Å². The Morgan fingerprint density at radius 2 is 2.24 bits per heavy atom. The van der Waals surface area contributed by atoms with Gasteiger partial charge in [0, 0.05) is 0 Å². The molecule has 0 saturated heterocycles. The number of aliphatic hydroxyl groups excluding tert-OH is 1. The third-order valence-corrected chi connectivity index (χ3v) is 2.44. The number of benzene rings is 1. The van der Waals surface area contributed by atoms with Gasteiger partial charge in [-0.2, -0.15) is 0 Å². The van der Waals surface area contributed by atoms with Gasteiger partial charge in [0.25, 0.3) is 0 Å². The molecule has 0 bridgehead atoms. The summed E-state index contributed by atoms with van der Waals surface area (Å²) in [6.07, 6.45) is 3.95. The average Bonchev–Trinajstić information content (AvgIpc) is 2.29. The SMILES string of the molecule is CCOC(=O)CC=Cc1ccc(CO)c(C)c1. The van der Waals surface area contributed by atoms with Gasteiger partial charge in [-0.15, -0.1) is 0 Å². The third kappa shape index (κ3) is 4.41. The summed E-state index contributed by atoms with van der Waals surface area (Å²) < 4.78 is 4.82. The molecule has 3 nitrogen and oxygen atoms in total. The fourth-order valence-corrected chi connectivity index (χ4v) is 1.51. The van der Waals surface area contributed by atoms with Crippen LogP contribution in [-0.4, -0.2) is 17.7 Å². The molecule has 0 heterocycles. The molecular weight excluding hydrogens is 216 g/mol. The summed E-state index contributed by atoms with van der Waals surface area (Å²) in [6, 6.07) is 5.78. The number of ether oxygens (including phenoxy) is 1. The number of carbonyl (C=O) groups excluding carboxylic acids is 1. The predicted octanol–water partition coefficient (Wildman–Crippen LogP) is 2.45. The van der Waals surface area contributed by atoms with Crippen molar-refractivity contribution in [2.75, 3.05) is 6.61 Å². The van der Waals surface area contributed by atoms with Crippen molar-refractivity contribution in [3.8, 4) is 0 Å². The first-order chi connectivity index (χ1) is 8.17. The Balaban J connectivity index is 2.60. The minimum atomic E-state index is -0.215. The Bertz CT molecular complexity index is 408. The second kappa shape index (κ2) is 6.86. The van der Waals surface area contributed by atoms with Crippen LogP contribution in [0.25, 0.3) is 6.08 Å². The number of rotatable bonds is 5. The van der Waals surface area contributed by atoms with Crippen molar-refractivity contribution < 1.29 is 14.6 Å². The summed E-state index contributed by atoms with van der Waals surface area (Å²) in [5, 5.41) is 9.04. The van der Waals surface area contributed by atoms with Crippen molar-refractivity contribution >= 4 is 12.0 Å². The predicted molar refractivity (Wildman–Crippen MR) is 67.4 cm³/mol. The van der Waals surface area contributed by atoms with Crippen LogP contribution < -0.4 is 0 Å². The molecular formula is C14H18O3. The van der Waals surface area contributed by atoms with Gasteiger partial charge in [-0.1, -0.05) is 30.4 Å². The monoisotopic (exact) mass is 234 g/mol. The standard InChI is InChI=1S/C14H18O3/c1-3-17-14(16)6-4-5-12-7-8-13(10-15)11(2)9-12/h4-5,7-9,15H,3,6,10H2,1-2H3. The lowest BCUT2D eigenvalue weighted by atomic mass is 10.1. The van der Waals surface area contributed by atoms with Gasteiger partial charge in [0.2, 0.25) is 0 Å². The van der Waals surface area contributed by atoms with E-state index in [-0.39, 0.29) is 19.0 Å². The molecule has 3 heteroatoms. The molecule has 0 unspecified atom stereocenters. The Kier molecular flexibility index (Phi) is 5.43. The molecule has 0 aliphatic heterocycles. The average molecular weight is 234 g/mol. The summed E-state index contributed by atoms with van der Waals surface area (Å²) in [6.45, 7) is 4.21. The van der Waals surface area contributed by atoms with E-state index in [2.05, 4.69) is 0 Å². The fourth-order valence-electron chi connectivity index (χ4n) is 1.51. The maximum atomic E-state index is 11.1. The normalized spacial score (nSPS) is 10.8. The maximum absolute atomic E-state index is 11.1. The van der Waals surface area contributed by atoms with Crippen molar-refractivity contribution in [3.05, 3.63) is 41.0 Å². The molecule has 1 rings (SSSR count). The van der Waals surface area contributed by atoms with Crippen LogP contribution in [-0.2, 0) is 16.1 Å². The Morgan fingerprint density at radius 1 is 1.47 bits per heavy atom. The van der Waals surface area contributed by atoms with E-state index in [1.54, 1.807) is 13.0 Å². The molecule has 1 N–H and O–H groups in total. The van der Waals surface area contributed by atoms with Crippen molar-refractivity contribution in [2.24, 2.45) is 0 Å². The molecule has 0 amide bonds. The Labute approximate surface area is 102 Å². The number of aliphatic hydroxyl groups is 1. The van der Waals surface area contributed by atoms with E-state index < -0.39 is 0 Å². The highest BCUT2D eigenvalue weighted by molar-refractivity contribution is 5.72. The van der Waals surface area contributed by atoms with E-state index >= 15 is 0 Å². The lowest BCUT2D eigenvalue weighted by Gasteiger charge is -2.03. The van der Waals surface area contributed by atoms with Crippen LogP contribution >= 0.6 is 0 Å². The maximum Gasteiger partial charge on any atom is 0.309 e. The lowest BCUT2D eigenvalue weighted by molar-refractivity contribution is -0.142. The summed E-state index contributed by atoms with van der Waals surface area (Å²) in [5.41, 5.74) is 2.99. The molecule has 0 saturated carbocycles. The van der Waals surface area contributed by atoms with Crippen molar-refractivity contribution in [2.45, 2.75) is 26.9 Å². The van der Waals surface area contributed by atoms with E-state index in [1.807, 2.05) is 31.2 Å². The van der Waals surface area contributed by atoms with Crippen LogP contribution in [0.1, 0.15) is 30.0 Å². The van der Waals surface area contributed by atoms with E-state index in [0.717, 1.165) is 16.7 Å². The Hall–Kier alpha value is -1.61. The zero-order valence-electron chi connectivity index (χ0n) is 10.3. The van der Waals surface area contributed by atoms with Gasteiger partial charge in [0.15, 0.2) is 0 Å².